The number of benzene rings is 1. The van der Waals surface area contributed by atoms with Crippen LogP contribution in [-0.2, 0) is 5.41 Å². The van der Waals surface area contributed by atoms with Crippen molar-refractivity contribution in [2.24, 2.45) is 0 Å². The van der Waals surface area contributed by atoms with E-state index in [-0.39, 0.29) is 10.4 Å². The Bertz CT molecular complexity index is 362. The van der Waals surface area contributed by atoms with Crippen LogP contribution in [0.2, 0.25) is 5.02 Å². The zero-order valence-electron chi connectivity index (χ0n) is 8.58. The van der Waals surface area contributed by atoms with Crippen molar-refractivity contribution in [2.45, 2.75) is 25.7 Å². The van der Waals surface area contributed by atoms with Crippen LogP contribution >= 0.6 is 23.2 Å². The van der Waals surface area contributed by atoms with Gasteiger partial charge in [0.25, 0.3) is 0 Å². The molecule has 0 spiro atoms. The summed E-state index contributed by atoms with van der Waals surface area (Å²) < 4.78 is 25.9. The first kappa shape index (κ1) is 12.7. The van der Waals surface area contributed by atoms with Gasteiger partial charge in [-0.25, -0.2) is 8.78 Å². The van der Waals surface area contributed by atoms with Crippen molar-refractivity contribution in [3.63, 3.8) is 0 Å². The number of halogens is 4. The zero-order chi connectivity index (χ0) is 11.6. The molecule has 15 heavy (non-hydrogen) atoms. The van der Waals surface area contributed by atoms with Crippen LogP contribution in [0, 0.1) is 11.6 Å². The molecule has 0 saturated heterocycles. The van der Waals surface area contributed by atoms with Crippen LogP contribution in [0.5, 0.6) is 0 Å². The van der Waals surface area contributed by atoms with Gasteiger partial charge in [-0.3, -0.25) is 0 Å². The minimum absolute atomic E-state index is 0.240. The van der Waals surface area contributed by atoms with Gasteiger partial charge in [0, 0.05) is 10.9 Å². The van der Waals surface area contributed by atoms with E-state index >= 15 is 0 Å². The summed E-state index contributed by atoms with van der Waals surface area (Å²) in [6, 6.07) is 2.15. The van der Waals surface area contributed by atoms with Crippen molar-refractivity contribution in [1.82, 2.24) is 0 Å². The maximum absolute atomic E-state index is 13.1. The minimum Gasteiger partial charge on any atom is -0.204 e. The molecular weight excluding hydrogens is 241 g/mol. The Hall–Kier alpha value is -0.340. The second-order valence-corrected chi connectivity index (χ2v) is 4.85. The topological polar surface area (TPSA) is 0 Å². The highest BCUT2D eigenvalue weighted by atomic mass is 35.5. The fourth-order valence-corrected chi connectivity index (χ4v) is 2.29. The molecule has 0 aromatic heterocycles. The Morgan fingerprint density at radius 1 is 1.20 bits per heavy atom. The molecule has 0 nitrogen and oxygen atoms in total. The molecule has 1 aromatic rings. The summed E-state index contributed by atoms with van der Waals surface area (Å²) in [5, 5.41) is 0.240. The van der Waals surface area contributed by atoms with Gasteiger partial charge < -0.3 is 0 Å². The van der Waals surface area contributed by atoms with E-state index in [0.717, 1.165) is 12.1 Å². The van der Waals surface area contributed by atoms with Crippen molar-refractivity contribution in [2.75, 3.05) is 5.88 Å². The van der Waals surface area contributed by atoms with Crippen molar-refractivity contribution in [3.8, 4) is 0 Å². The third-order valence-corrected chi connectivity index (χ3v) is 2.96. The lowest BCUT2D eigenvalue weighted by Crippen LogP contribution is -2.19. The van der Waals surface area contributed by atoms with Crippen LogP contribution in [0.1, 0.15) is 25.8 Å². The smallest absolute Gasteiger partial charge is 0.160 e. The molecule has 0 bridgehead atoms. The fraction of sp³-hybridized carbons (Fsp3) is 0.455. The van der Waals surface area contributed by atoms with Gasteiger partial charge in [-0.05, 0) is 29.5 Å². The fourth-order valence-electron chi connectivity index (χ4n) is 1.41. The standard InChI is InChI=1S/C11H12Cl2F2/c1-11(2,3-4-12)7-5-9(14)10(15)6-8(7)13/h5-6H,3-4H2,1-2H3. The van der Waals surface area contributed by atoms with Gasteiger partial charge in [0.2, 0.25) is 0 Å². The Balaban J connectivity index is 3.19. The van der Waals surface area contributed by atoms with Gasteiger partial charge in [-0.1, -0.05) is 25.4 Å². The molecule has 0 unspecified atom stereocenters. The average Bonchev–Trinajstić information content (AvgIpc) is 2.11. The Kier molecular flexibility index (Phi) is 3.96. The molecule has 4 heteroatoms. The number of hydrogen-bond acceptors (Lipinski definition) is 0. The Morgan fingerprint density at radius 3 is 2.27 bits per heavy atom. The van der Waals surface area contributed by atoms with Crippen LogP contribution in [-0.4, -0.2) is 5.88 Å². The van der Waals surface area contributed by atoms with Crippen LogP contribution in [0.4, 0.5) is 8.78 Å². The van der Waals surface area contributed by atoms with E-state index in [9.17, 15) is 8.78 Å². The molecule has 0 aliphatic carbocycles. The molecule has 0 aliphatic rings. The first-order chi connectivity index (χ1) is 6.88. The van der Waals surface area contributed by atoms with Gasteiger partial charge >= 0.3 is 0 Å². The SMILES string of the molecule is CC(C)(CCCl)c1cc(F)c(F)cc1Cl. The maximum atomic E-state index is 13.1. The molecule has 0 N–H and O–H groups in total. The number of rotatable bonds is 3. The van der Waals surface area contributed by atoms with Crippen LogP contribution in [0.15, 0.2) is 12.1 Å². The third-order valence-electron chi connectivity index (χ3n) is 2.46. The second-order valence-electron chi connectivity index (χ2n) is 4.07. The van der Waals surface area contributed by atoms with E-state index < -0.39 is 11.6 Å². The highest BCUT2D eigenvalue weighted by Crippen LogP contribution is 2.34. The molecule has 0 heterocycles. The van der Waals surface area contributed by atoms with Gasteiger partial charge in [-0.2, -0.15) is 0 Å². The molecule has 0 amide bonds. The molecule has 84 valence electrons. The molecule has 0 fully saturated rings. The van der Waals surface area contributed by atoms with Crippen molar-refractivity contribution in [1.29, 1.82) is 0 Å². The molecule has 1 aromatic carbocycles. The highest BCUT2D eigenvalue weighted by molar-refractivity contribution is 6.31. The average molecular weight is 253 g/mol. The predicted octanol–water partition coefficient (Wildman–Crippen LogP) is 4.52. The summed E-state index contributed by atoms with van der Waals surface area (Å²) in [5.41, 5.74) is 0.233. The Labute approximate surface area is 98.2 Å². The quantitative estimate of drug-likeness (QED) is 0.548. The summed E-state index contributed by atoms with van der Waals surface area (Å²) in [6.45, 7) is 3.79. The lowest BCUT2D eigenvalue weighted by molar-refractivity contribution is 0.481. The number of alkyl halides is 1. The maximum Gasteiger partial charge on any atom is 0.160 e. The molecule has 0 aliphatic heterocycles. The summed E-state index contributed by atoms with van der Waals surface area (Å²) in [5.74, 6) is -1.36. The van der Waals surface area contributed by atoms with Crippen molar-refractivity contribution >= 4 is 23.2 Å². The minimum atomic E-state index is -0.926. The lowest BCUT2D eigenvalue weighted by Gasteiger charge is -2.25. The molecule has 0 saturated carbocycles. The molecule has 0 radical (unpaired) electrons. The largest absolute Gasteiger partial charge is 0.204 e. The molecule has 1 rings (SSSR count). The lowest BCUT2D eigenvalue weighted by atomic mass is 9.82. The van der Waals surface area contributed by atoms with E-state index in [1.165, 1.54) is 0 Å². The van der Waals surface area contributed by atoms with Gasteiger partial charge in [-0.15, -0.1) is 11.6 Å². The first-order valence-electron chi connectivity index (χ1n) is 4.59. The predicted molar refractivity (Wildman–Crippen MR) is 59.7 cm³/mol. The van der Waals surface area contributed by atoms with Gasteiger partial charge in [0.05, 0.1) is 0 Å². The van der Waals surface area contributed by atoms with Gasteiger partial charge in [0.1, 0.15) is 0 Å². The zero-order valence-corrected chi connectivity index (χ0v) is 10.1. The van der Waals surface area contributed by atoms with Crippen molar-refractivity contribution in [3.05, 3.63) is 34.4 Å². The normalized spacial score (nSPS) is 11.9. The van der Waals surface area contributed by atoms with Crippen LogP contribution in [0.3, 0.4) is 0 Å². The van der Waals surface area contributed by atoms with E-state index in [0.29, 0.717) is 17.9 Å². The first-order valence-corrected chi connectivity index (χ1v) is 5.50. The molecular formula is C11H12Cl2F2. The summed E-state index contributed by atoms with van der Waals surface area (Å²) in [6.07, 6.45) is 0.652. The van der Waals surface area contributed by atoms with Crippen molar-refractivity contribution < 1.29 is 8.78 Å². The van der Waals surface area contributed by atoms with Crippen LogP contribution < -0.4 is 0 Å². The monoisotopic (exact) mass is 252 g/mol. The summed E-state index contributed by atoms with van der Waals surface area (Å²) in [7, 11) is 0. The van der Waals surface area contributed by atoms with Crippen LogP contribution in [0.25, 0.3) is 0 Å². The molecule has 0 atom stereocenters. The number of hydrogen-bond donors (Lipinski definition) is 0. The van der Waals surface area contributed by atoms with E-state index in [4.69, 9.17) is 23.2 Å². The summed E-state index contributed by atoms with van der Waals surface area (Å²) in [4.78, 5) is 0. The Morgan fingerprint density at radius 2 is 1.73 bits per heavy atom. The summed E-state index contributed by atoms with van der Waals surface area (Å²) >= 11 is 11.5. The van der Waals surface area contributed by atoms with E-state index in [1.54, 1.807) is 0 Å². The van der Waals surface area contributed by atoms with Gasteiger partial charge in [0.15, 0.2) is 11.6 Å². The highest BCUT2D eigenvalue weighted by Gasteiger charge is 2.24. The second kappa shape index (κ2) is 4.67. The van der Waals surface area contributed by atoms with E-state index in [2.05, 4.69) is 0 Å². The van der Waals surface area contributed by atoms with E-state index in [1.807, 2.05) is 13.8 Å². The third kappa shape index (κ3) is 2.82.